The van der Waals surface area contributed by atoms with Gasteiger partial charge in [-0.05, 0) is 37.0 Å². The van der Waals surface area contributed by atoms with E-state index in [1.54, 1.807) is 0 Å². The maximum absolute atomic E-state index is 11.1. The summed E-state index contributed by atoms with van der Waals surface area (Å²) in [6, 6.07) is 1.52. The van der Waals surface area contributed by atoms with Gasteiger partial charge in [-0.25, -0.2) is 4.98 Å². The van der Waals surface area contributed by atoms with Crippen LogP contribution in [0.1, 0.15) is 25.7 Å². The largest absolute Gasteiger partial charge is 0.370 e. The van der Waals surface area contributed by atoms with E-state index in [1.165, 1.54) is 38.1 Å². The van der Waals surface area contributed by atoms with Crippen molar-refractivity contribution >= 4 is 5.82 Å². The van der Waals surface area contributed by atoms with Crippen LogP contribution in [0.3, 0.4) is 0 Å². The molecule has 2 aliphatic carbocycles. The van der Waals surface area contributed by atoms with Gasteiger partial charge in [0.25, 0.3) is 5.56 Å². The molecule has 0 aromatic carbocycles. The van der Waals surface area contributed by atoms with Crippen LogP contribution < -0.4 is 10.9 Å². The summed E-state index contributed by atoms with van der Waals surface area (Å²) < 4.78 is 0. The van der Waals surface area contributed by atoms with Crippen LogP contribution in [0.2, 0.25) is 0 Å². The Bertz CT molecular complexity index is 428. The molecule has 16 heavy (non-hydrogen) atoms. The van der Waals surface area contributed by atoms with E-state index in [9.17, 15) is 4.79 Å². The van der Waals surface area contributed by atoms with Gasteiger partial charge in [-0.1, -0.05) is 6.42 Å². The van der Waals surface area contributed by atoms with Gasteiger partial charge in [0, 0.05) is 12.6 Å². The van der Waals surface area contributed by atoms with Gasteiger partial charge in [-0.15, -0.1) is 0 Å². The summed E-state index contributed by atoms with van der Waals surface area (Å²) in [6.45, 7) is 0.970. The van der Waals surface area contributed by atoms with Gasteiger partial charge >= 0.3 is 0 Å². The molecule has 2 N–H and O–H groups in total. The van der Waals surface area contributed by atoms with Crippen LogP contribution in [0.4, 0.5) is 5.82 Å². The molecule has 2 aliphatic rings. The van der Waals surface area contributed by atoms with E-state index >= 15 is 0 Å². The highest BCUT2D eigenvalue weighted by Gasteiger charge is 2.38. The lowest BCUT2D eigenvalue weighted by Gasteiger charge is -2.21. The molecule has 3 unspecified atom stereocenters. The molecule has 1 aromatic rings. The molecule has 2 bridgehead atoms. The lowest BCUT2D eigenvalue weighted by molar-refractivity contribution is 0.348. The maximum atomic E-state index is 11.1. The third-order valence-corrected chi connectivity index (χ3v) is 4.11. The van der Waals surface area contributed by atoms with Crippen molar-refractivity contribution in [3.63, 3.8) is 0 Å². The van der Waals surface area contributed by atoms with Crippen LogP contribution in [0.15, 0.2) is 17.2 Å². The standard InChI is InChI=1S/C12H17N3O/c16-12-5-11(14-7-15-12)13-6-10-4-8-1-2-9(10)3-8/h5,7-10H,1-4,6H2,(H2,13,14,15,16). The number of nitrogens with one attached hydrogen (secondary N) is 2. The second-order valence-corrected chi connectivity index (χ2v) is 5.11. The number of anilines is 1. The topological polar surface area (TPSA) is 57.8 Å². The predicted octanol–water partition coefficient (Wildman–Crippen LogP) is 1.62. The molecule has 2 fully saturated rings. The van der Waals surface area contributed by atoms with Gasteiger partial charge in [0.2, 0.25) is 0 Å². The first-order valence-corrected chi connectivity index (χ1v) is 6.10. The molecule has 4 nitrogen and oxygen atoms in total. The van der Waals surface area contributed by atoms with Crippen LogP contribution >= 0.6 is 0 Å². The van der Waals surface area contributed by atoms with Gasteiger partial charge < -0.3 is 10.3 Å². The molecule has 0 aliphatic heterocycles. The highest BCUT2D eigenvalue weighted by Crippen LogP contribution is 2.48. The molecule has 4 heteroatoms. The Morgan fingerprint density at radius 3 is 3.06 bits per heavy atom. The number of aromatic nitrogens is 2. The van der Waals surface area contributed by atoms with Gasteiger partial charge in [0.05, 0.1) is 6.33 Å². The lowest BCUT2D eigenvalue weighted by atomic mass is 9.89. The van der Waals surface area contributed by atoms with Crippen molar-refractivity contribution < 1.29 is 0 Å². The molecule has 86 valence electrons. The van der Waals surface area contributed by atoms with Crippen molar-refractivity contribution in [2.45, 2.75) is 25.7 Å². The Balaban J connectivity index is 1.59. The van der Waals surface area contributed by atoms with E-state index < -0.39 is 0 Å². The molecule has 0 radical (unpaired) electrons. The monoisotopic (exact) mass is 219 g/mol. The number of fused-ring (bicyclic) bond motifs is 2. The zero-order valence-electron chi connectivity index (χ0n) is 9.28. The van der Waals surface area contributed by atoms with E-state index in [2.05, 4.69) is 15.3 Å². The summed E-state index contributed by atoms with van der Waals surface area (Å²) in [7, 11) is 0. The Kier molecular flexibility index (Phi) is 2.42. The minimum atomic E-state index is -0.0922. The summed E-state index contributed by atoms with van der Waals surface area (Å²) in [4.78, 5) is 17.7. The van der Waals surface area contributed by atoms with Crippen molar-refractivity contribution in [2.24, 2.45) is 17.8 Å². The van der Waals surface area contributed by atoms with Crippen molar-refractivity contribution in [1.82, 2.24) is 9.97 Å². The number of hydrogen-bond acceptors (Lipinski definition) is 3. The third-order valence-electron chi connectivity index (χ3n) is 4.11. The average molecular weight is 219 g/mol. The lowest BCUT2D eigenvalue weighted by Crippen LogP contribution is -2.21. The molecular formula is C12H17N3O. The average Bonchev–Trinajstić information content (AvgIpc) is 2.88. The SMILES string of the molecule is O=c1cc(NCC2CC3CCC2C3)nc[nH]1. The molecule has 1 heterocycles. The molecule has 0 saturated heterocycles. The highest BCUT2D eigenvalue weighted by molar-refractivity contribution is 5.31. The van der Waals surface area contributed by atoms with Crippen molar-refractivity contribution in [1.29, 1.82) is 0 Å². The van der Waals surface area contributed by atoms with Crippen LogP contribution in [0.25, 0.3) is 0 Å². The number of H-pyrrole nitrogens is 1. The molecule has 1 aromatic heterocycles. The fraction of sp³-hybridized carbons (Fsp3) is 0.667. The zero-order valence-corrected chi connectivity index (χ0v) is 9.28. The summed E-state index contributed by atoms with van der Waals surface area (Å²) >= 11 is 0. The molecule has 0 amide bonds. The fourth-order valence-electron chi connectivity index (χ4n) is 3.33. The molecule has 3 rings (SSSR count). The number of hydrogen-bond donors (Lipinski definition) is 2. The molecule has 2 saturated carbocycles. The number of nitrogens with zero attached hydrogens (tertiary/aromatic N) is 1. The van der Waals surface area contributed by atoms with E-state index in [0.717, 1.165) is 24.3 Å². The second-order valence-electron chi connectivity index (χ2n) is 5.11. The Morgan fingerprint density at radius 1 is 1.44 bits per heavy atom. The summed E-state index contributed by atoms with van der Waals surface area (Å²) in [5, 5.41) is 3.28. The predicted molar refractivity (Wildman–Crippen MR) is 62.3 cm³/mol. The minimum absolute atomic E-state index is 0.0922. The van der Waals surface area contributed by atoms with Crippen LogP contribution in [0, 0.1) is 17.8 Å². The minimum Gasteiger partial charge on any atom is -0.370 e. The van der Waals surface area contributed by atoms with Crippen LogP contribution in [0.5, 0.6) is 0 Å². The Morgan fingerprint density at radius 2 is 2.38 bits per heavy atom. The summed E-state index contributed by atoms with van der Waals surface area (Å²) in [6.07, 6.45) is 7.08. The Hall–Kier alpha value is -1.32. The Labute approximate surface area is 94.5 Å². The second kappa shape index (κ2) is 3.92. The van der Waals surface area contributed by atoms with E-state index in [4.69, 9.17) is 0 Å². The number of aromatic amines is 1. The first kappa shape index (κ1) is 9.87. The molecule has 0 spiro atoms. The van der Waals surface area contributed by atoms with Gasteiger partial charge in [-0.2, -0.15) is 0 Å². The van der Waals surface area contributed by atoms with Crippen molar-refractivity contribution in [3.05, 3.63) is 22.7 Å². The molecule has 3 atom stereocenters. The molecular weight excluding hydrogens is 202 g/mol. The van der Waals surface area contributed by atoms with Gasteiger partial charge in [0.15, 0.2) is 0 Å². The smallest absolute Gasteiger partial charge is 0.252 e. The summed E-state index contributed by atoms with van der Waals surface area (Å²) in [5.74, 6) is 3.38. The third kappa shape index (κ3) is 1.84. The highest BCUT2D eigenvalue weighted by atomic mass is 16.1. The van der Waals surface area contributed by atoms with Crippen molar-refractivity contribution in [2.75, 3.05) is 11.9 Å². The quantitative estimate of drug-likeness (QED) is 0.812. The van der Waals surface area contributed by atoms with Gasteiger partial charge in [0.1, 0.15) is 5.82 Å². The van der Waals surface area contributed by atoms with E-state index in [-0.39, 0.29) is 5.56 Å². The number of rotatable bonds is 3. The first-order chi connectivity index (χ1) is 7.81. The first-order valence-electron chi connectivity index (χ1n) is 6.10. The van der Waals surface area contributed by atoms with E-state index in [1.807, 2.05) is 0 Å². The van der Waals surface area contributed by atoms with E-state index in [0.29, 0.717) is 5.82 Å². The van der Waals surface area contributed by atoms with Crippen LogP contribution in [-0.2, 0) is 0 Å². The zero-order chi connectivity index (χ0) is 11.0. The summed E-state index contributed by atoms with van der Waals surface area (Å²) in [5.41, 5.74) is -0.0922. The normalized spacial score (nSPS) is 31.9. The maximum Gasteiger partial charge on any atom is 0.252 e. The van der Waals surface area contributed by atoms with Crippen LogP contribution in [-0.4, -0.2) is 16.5 Å². The van der Waals surface area contributed by atoms with Crippen molar-refractivity contribution in [3.8, 4) is 0 Å². The fourth-order valence-corrected chi connectivity index (χ4v) is 3.33. The van der Waals surface area contributed by atoms with Gasteiger partial charge in [-0.3, -0.25) is 4.79 Å².